The minimum absolute atomic E-state index is 0.605. The summed E-state index contributed by atoms with van der Waals surface area (Å²) in [5.74, 6) is -1.63. The molecule has 1 aromatic rings. The monoisotopic (exact) mass is 345 g/mol. The second-order valence-electron chi connectivity index (χ2n) is 6.47. The average Bonchev–Trinajstić information content (AvgIpc) is 2.68. The van der Waals surface area contributed by atoms with Gasteiger partial charge < -0.3 is 19.7 Å². The van der Waals surface area contributed by atoms with Crippen molar-refractivity contribution in [3.63, 3.8) is 0 Å². The predicted octanol–water partition coefficient (Wildman–Crippen LogP) is 0.368. The lowest BCUT2D eigenvalue weighted by molar-refractivity contribution is -0.0355. The summed E-state index contributed by atoms with van der Waals surface area (Å²) in [6, 6.07) is 0. The van der Waals surface area contributed by atoms with Crippen LogP contribution >= 0.6 is 0 Å². The first kappa shape index (κ1) is 18.3. The van der Waals surface area contributed by atoms with Crippen molar-refractivity contribution in [3.8, 4) is 0 Å². The molecule has 0 saturated carbocycles. The van der Waals surface area contributed by atoms with Crippen LogP contribution in [0, 0.1) is 5.82 Å². The molecule has 2 rings (SSSR count). The molecule has 3 N–H and O–H groups in total. The fraction of sp³-hybridized carbons (Fsp3) is 0.643. The standard InChI is InChI=1S/C14H20FN3O6/c1-6-8(19)9(20)11(23-6)18-5-7(15)10(16-12(18)21)17-13(22)24-14(2,3)4/h5-6,8-9,11,19-20H,1-4H3,(H,16,17,21,22). The lowest BCUT2D eigenvalue weighted by Crippen LogP contribution is -2.36. The maximum absolute atomic E-state index is 14.1. The molecule has 10 heteroatoms. The minimum atomic E-state index is -1.41. The number of nitrogens with one attached hydrogen (secondary N) is 1. The van der Waals surface area contributed by atoms with E-state index in [9.17, 15) is 24.2 Å². The van der Waals surface area contributed by atoms with Gasteiger partial charge in [-0.25, -0.2) is 14.0 Å². The maximum atomic E-state index is 14.1. The first-order chi connectivity index (χ1) is 11.0. The molecule has 24 heavy (non-hydrogen) atoms. The summed E-state index contributed by atoms with van der Waals surface area (Å²) in [4.78, 5) is 27.1. The number of ether oxygens (including phenoxy) is 2. The Kier molecular flexibility index (Phi) is 4.92. The molecule has 1 amide bonds. The molecule has 0 bridgehead atoms. The topological polar surface area (TPSA) is 123 Å². The van der Waals surface area contributed by atoms with E-state index >= 15 is 0 Å². The van der Waals surface area contributed by atoms with Gasteiger partial charge >= 0.3 is 11.8 Å². The van der Waals surface area contributed by atoms with Crippen molar-refractivity contribution >= 4 is 11.9 Å². The fourth-order valence-electron chi connectivity index (χ4n) is 2.17. The first-order valence-corrected chi connectivity index (χ1v) is 7.30. The SMILES string of the molecule is CC1OC(n2cc(F)c(NC(=O)OC(C)(C)C)nc2=O)C(O)C1O. The second-order valence-corrected chi connectivity index (χ2v) is 6.47. The minimum Gasteiger partial charge on any atom is -0.444 e. The molecule has 4 unspecified atom stereocenters. The van der Waals surface area contributed by atoms with Gasteiger partial charge in [-0.1, -0.05) is 0 Å². The Labute approximate surface area is 137 Å². The zero-order valence-corrected chi connectivity index (χ0v) is 13.7. The van der Waals surface area contributed by atoms with E-state index in [0.717, 1.165) is 6.20 Å². The zero-order chi connectivity index (χ0) is 18.2. The third kappa shape index (κ3) is 3.89. The highest BCUT2D eigenvalue weighted by Crippen LogP contribution is 2.28. The Morgan fingerprint density at radius 2 is 2.04 bits per heavy atom. The van der Waals surface area contributed by atoms with E-state index in [2.05, 4.69) is 4.98 Å². The molecule has 1 fully saturated rings. The lowest BCUT2D eigenvalue weighted by Gasteiger charge is -2.20. The van der Waals surface area contributed by atoms with E-state index in [1.165, 1.54) is 6.92 Å². The Hall–Kier alpha value is -2.04. The van der Waals surface area contributed by atoms with Gasteiger partial charge in [0, 0.05) is 0 Å². The maximum Gasteiger partial charge on any atom is 0.413 e. The molecular weight excluding hydrogens is 325 g/mol. The van der Waals surface area contributed by atoms with Gasteiger partial charge in [0.25, 0.3) is 0 Å². The molecule has 0 spiro atoms. The quantitative estimate of drug-likeness (QED) is 0.707. The van der Waals surface area contributed by atoms with Crippen LogP contribution in [0.25, 0.3) is 0 Å². The van der Waals surface area contributed by atoms with Crippen molar-refractivity contribution in [2.45, 2.75) is 57.8 Å². The molecule has 9 nitrogen and oxygen atoms in total. The molecule has 1 aliphatic rings. The third-order valence-corrected chi connectivity index (χ3v) is 3.28. The molecule has 0 aromatic carbocycles. The number of hydrogen-bond donors (Lipinski definition) is 3. The van der Waals surface area contributed by atoms with Crippen LogP contribution in [0.2, 0.25) is 0 Å². The molecule has 2 heterocycles. The Morgan fingerprint density at radius 3 is 2.54 bits per heavy atom. The van der Waals surface area contributed by atoms with Gasteiger partial charge in [0.1, 0.15) is 17.8 Å². The van der Waals surface area contributed by atoms with E-state index in [1.807, 2.05) is 5.32 Å². The number of anilines is 1. The largest absolute Gasteiger partial charge is 0.444 e. The van der Waals surface area contributed by atoms with Gasteiger partial charge in [-0.15, -0.1) is 0 Å². The molecule has 134 valence electrons. The Morgan fingerprint density at radius 1 is 1.42 bits per heavy atom. The van der Waals surface area contributed by atoms with Crippen LogP contribution in [0.5, 0.6) is 0 Å². The van der Waals surface area contributed by atoms with Crippen LogP contribution in [0.1, 0.15) is 33.9 Å². The number of carbonyl (C=O) groups is 1. The number of halogens is 1. The van der Waals surface area contributed by atoms with E-state index < -0.39 is 53.6 Å². The van der Waals surface area contributed by atoms with E-state index in [0.29, 0.717) is 4.57 Å². The predicted molar refractivity (Wildman–Crippen MR) is 79.9 cm³/mol. The highest BCUT2D eigenvalue weighted by Gasteiger charge is 2.42. The summed E-state index contributed by atoms with van der Waals surface area (Å²) in [6.45, 7) is 6.38. The smallest absolute Gasteiger partial charge is 0.413 e. The number of nitrogens with zero attached hydrogens (tertiary/aromatic N) is 2. The highest BCUT2D eigenvalue weighted by atomic mass is 19.1. The number of rotatable bonds is 2. The number of aromatic nitrogens is 2. The normalized spacial score (nSPS) is 27.1. The van der Waals surface area contributed by atoms with Crippen molar-refractivity contribution in [2.24, 2.45) is 0 Å². The van der Waals surface area contributed by atoms with Crippen molar-refractivity contribution in [3.05, 3.63) is 22.5 Å². The van der Waals surface area contributed by atoms with Crippen molar-refractivity contribution < 1.29 is 28.9 Å². The molecule has 4 atom stereocenters. The third-order valence-electron chi connectivity index (χ3n) is 3.28. The molecule has 1 aliphatic heterocycles. The lowest BCUT2D eigenvalue weighted by atomic mass is 10.1. The molecular formula is C14H20FN3O6. The summed E-state index contributed by atoms with van der Waals surface area (Å²) in [5.41, 5.74) is -1.77. The number of aliphatic hydroxyl groups is 2. The average molecular weight is 345 g/mol. The number of carbonyl (C=O) groups excluding carboxylic acids is 1. The van der Waals surface area contributed by atoms with Gasteiger partial charge in [-0.3, -0.25) is 9.88 Å². The van der Waals surface area contributed by atoms with E-state index in [4.69, 9.17) is 9.47 Å². The van der Waals surface area contributed by atoms with Gasteiger partial charge in [0.2, 0.25) is 0 Å². The number of aliphatic hydroxyl groups excluding tert-OH is 2. The van der Waals surface area contributed by atoms with Crippen LogP contribution in [0.4, 0.5) is 15.0 Å². The molecule has 1 saturated heterocycles. The van der Waals surface area contributed by atoms with Crippen LogP contribution in [-0.4, -0.2) is 49.8 Å². The first-order valence-electron chi connectivity index (χ1n) is 7.30. The van der Waals surface area contributed by atoms with Gasteiger partial charge in [0.15, 0.2) is 17.9 Å². The van der Waals surface area contributed by atoms with E-state index in [1.54, 1.807) is 20.8 Å². The highest BCUT2D eigenvalue weighted by molar-refractivity contribution is 5.83. The summed E-state index contributed by atoms with van der Waals surface area (Å²) in [5, 5.41) is 21.6. The summed E-state index contributed by atoms with van der Waals surface area (Å²) in [7, 11) is 0. The summed E-state index contributed by atoms with van der Waals surface area (Å²) in [6.07, 6.45) is -4.87. The molecule has 1 aromatic heterocycles. The van der Waals surface area contributed by atoms with E-state index in [-0.39, 0.29) is 0 Å². The fourth-order valence-corrected chi connectivity index (χ4v) is 2.17. The molecule has 0 radical (unpaired) electrons. The number of hydrogen-bond acceptors (Lipinski definition) is 7. The Balaban J connectivity index is 2.23. The van der Waals surface area contributed by atoms with Gasteiger partial charge in [-0.05, 0) is 27.7 Å². The number of amides is 1. The van der Waals surface area contributed by atoms with Crippen LogP contribution < -0.4 is 11.0 Å². The van der Waals surface area contributed by atoms with Crippen molar-refractivity contribution in [1.29, 1.82) is 0 Å². The van der Waals surface area contributed by atoms with Crippen LogP contribution in [-0.2, 0) is 9.47 Å². The summed E-state index contributed by atoms with van der Waals surface area (Å²) >= 11 is 0. The second kappa shape index (κ2) is 6.46. The van der Waals surface area contributed by atoms with Crippen molar-refractivity contribution in [1.82, 2.24) is 9.55 Å². The van der Waals surface area contributed by atoms with Crippen LogP contribution in [0.15, 0.2) is 11.0 Å². The van der Waals surface area contributed by atoms with Crippen LogP contribution in [0.3, 0.4) is 0 Å². The van der Waals surface area contributed by atoms with Crippen molar-refractivity contribution in [2.75, 3.05) is 5.32 Å². The Bertz CT molecular complexity index is 686. The van der Waals surface area contributed by atoms with Gasteiger partial charge in [0.05, 0.1) is 12.3 Å². The molecule has 0 aliphatic carbocycles. The summed E-state index contributed by atoms with van der Waals surface area (Å²) < 4.78 is 25.0. The zero-order valence-electron chi connectivity index (χ0n) is 13.7. The van der Waals surface area contributed by atoms with Gasteiger partial charge in [-0.2, -0.15) is 4.98 Å².